The molecule has 6 rings (SSSR count). The summed E-state index contributed by atoms with van der Waals surface area (Å²) >= 11 is 1.48. The lowest BCUT2D eigenvalue weighted by atomic mass is 9.98. The van der Waals surface area contributed by atoms with Gasteiger partial charge in [0.15, 0.2) is 0 Å². The third-order valence-electron chi connectivity index (χ3n) is 7.38. The molecular formula is C35H31FN4OS. The second-order valence-corrected chi connectivity index (χ2v) is 11.2. The van der Waals surface area contributed by atoms with Gasteiger partial charge in [0.25, 0.3) is 5.91 Å². The van der Waals surface area contributed by atoms with Crippen LogP contribution in [0.1, 0.15) is 43.8 Å². The van der Waals surface area contributed by atoms with Gasteiger partial charge in [-0.1, -0.05) is 91.0 Å². The van der Waals surface area contributed by atoms with E-state index in [2.05, 4.69) is 39.6 Å². The smallest absolute Gasteiger partial charge is 0.271 e. The number of carbonyl (C=O) groups is 1. The molecular weight excluding hydrogens is 543 g/mol. The fourth-order valence-electron chi connectivity index (χ4n) is 5.21. The number of fused-ring (bicyclic) bond motifs is 1. The third kappa shape index (κ3) is 6.65. The standard InChI is InChI=1S/C35H31FN4OS/c36-29-17-15-25(16-18-29)22-40(20-19-28-21-37-31-14-8-7-13-30(28)31)23-33-38-32(24-42-33)35(41)39-34(26-9-3-1-4-10-26)27-11-5-2-6-12-27/h1-18,21,24,34,37H,19-20,22-23H2,(H,39,41). The number of aromatic nitrogens is 2. The Bertz CT molecular complexity index is 1710. The highest BCUT2D eigenvalue weighted by molar-refractivity contribution is 7.09. The Labute approximate surface area is 248 Å². The number of halogens is 1. The summed E-state index contributed by atoms with van der Waals surface area (Å²) in [6.07, 6.45) is 2.92. The number of carbonyl (C=O) groups excluding carboxylic acids is 1. The number of benzene rings is 4. The van der Waals surface area contributed by atoms with Crippen LogP contribution >= 0.6 is 11.3 Å². The van der Waals surface area contributed by atoms with Crippen molar-refractivity contribution >= 4 is 28.1 Å². The molecule has 5 nitrogen and oxygen atoms in total. The maximum atomic E-state index is 13.6. The molecule has 0 atom stereocenters. The lowest BCUT2D eigenvalue weighted by Crippen LogP contribution is -2.29. The van der Waals surface area contributed by atoms with Crippen LogP contribution in [0.25, 0.3) is 10.9 Å². The average molecular weight is 575 g/mol. The topological polar surface area (TPSA) is 61.0 Å². The van der Waals surface area contributed by atoms with Gasteiger partial charge in [-0.15, -0.1) is 11.3 Å². The summed E-state index contributed by atoms with van der Waals surface area (Å²) in [6.45, 7) is 2.01. The van der Waals surface area contributed by atoms with Gasteiger partial charge in [0.1, 0.15) is 16.5 Å². The van der Waals surface area contributed by atoms with E-state index in [4.69, 9.17) is 4.98 Å². The van der Waals surface area contributed by atoms with E-state index < -0.39 is 0 Å². The predicted octanol–water partition coefficient (Wildman–Crippen LogP) is 7.53. The van der Waals surface area contributed by atoms with E-state index in [1.165, 1.54) is 34.4 Å². The highest BCUT2D eigenvalue weighted by atomic mass is 32.1. The number of amides is 1. The number of aromatic amines is 1. The number of hydrogen-bond acceptors (Lipinski definition) is 4. The van der Waals surface area contributed by atoms with E-state index in [9.17, 15) is 9.18 Å². The van der Waals surface area contributed by atoms with E-state index >= 15 is 0 Å². The molecule has 0 unspecified atom stereocenters. The molecule has 210 valence electrons. The Kier molecular flexibility index (Phi) is 8.49. The molecule has 1 amide bonds. The van der Waals surface area contributed by atoms with Crippen LogP contribution < -0.4 is 5.32 Å². The number of hydrogen-bond donors (Lipinski definition) is 2. The summed E-state index contributed by atoms with van der Waals surface area (Å²) in [5.74, 6) is -0.455. The molecule has 2 heterocycles. The van der Waals surface area contributed by atoms with Crippen molar-refractivity contribution in [3.8, 4) is 0 Å². The minimum absolute atomic E-state index is 0.209. The Morgan fingerprint density at radius 2 is 1.52 bits per heavy atom. The van der Waals surface area contributed by atoms with E-state index in [-0.39, 0.29) is 17.8 Å². The Morgan fingerprint density at radius 1 is 0.857 bits per heavy atom. The zero-order valence-electron chi connectivity index (χ0n) is 23.0. The maximum absolute atomic E-state index is 13.6. The van der Waals surface area contributed by atoms with Crippen LogP contribution in [0.2, 0.25) is 0 Å². The summed E-state index contributed by atoms with van der Waals surface area (Å²) in [4.78, 5) is 23.8. The minimum Gasteiger partial charge on any atom is -0.361 e. The van der Waals surface area contributed by atoms with Crippen LogP contribution in [-0.4, -0.2) is 27.3 Å². The molecule has 2 N–H and O–H groups in total. The molecule has 0 fully saturated rings. The summed E-state index contributed by atoms with van der Waals surface area (Å²) in [6, 6.07) is 34.6. The highest BCUT2D eigenvalue weighted by Crippen LogP contribution is 2.24. The molecule has 42 heavy (non-hydrogen) atoms. The molecule has 6 aromatic rings. The fraction of sp³-hybridized carbons (Fsp3) is 0.143. The number of H-pyrrole nitrogens is 1. The van der Waals surface area contributed by atoms with E-state index in [0.717, 1.165) is 40.2 Å². The molecule has 0 saturated heterocycles. The van der Waals surface area contributed by atoms with Crippen molar-refractivity contribution in [1.29, 1.82) is 0 Å². The first-order valence-electron chi connectivity index (χ1n) is 14.0. The highest BCUT2D eigenvalue weighted by Gasteiger charge is 2.20. The Hall–Kier alpha value is -4.59. The molecule has 0 bridgehead atoms. The lowest BCUT2D eigenvalue weighted by Gasteiger charge is -2.21. The zero-order valence-corrected chi connectivity index (χ0v) is 23.9. The largest absolute Gasteiger partial charge is 0.361 e. The summed E-state index contributed by atoms with van der Waals surface area (Å²) in [5, 5.41) is 7.10. The number of para-hydroxylation sites is 1. The van der Waals surface area contributed by atoms with Crippen molar-refractivity contribution in [2.24, 2.45) is 0 Å². The first kappa shape index (κ1) is 27.6. The van der Waals surface area contributed by atoms with Crippen molar-refractivity contribution in [3.63, 3.8) is 0 Å². The summed E-state index contributed by atoms with van der Waals surface area (Å²) in [5.41, 5.74) is 5.83. The Balaban J connectivity index is 1.18. The molecule has 0 aliphatic heterocycles. The van der Waals surface area contributed by atoms with Gasteiger partial charge in [-0.2, -0.15) is 0 Å². The SMILES string of the molecule is O=C(NC(c1ccccc1)c1ccccc1)c1csc(CN(CCc2c[nH]c3ccccc23)Cc2ccc(F)cc2)n1. The van der Waals surface area contributed by atoms with Gasteiger partial charge < -0.3 is 10.3 Å². The van der Waals surface area contributed by atoms with Crippen LogP contribution in [0.5, 0.6) is 0 Å². The molecule has 7 heteroatoms. The van der Waals surface area contributed by atoms with Gasteiger partial charge in [0.2, 0.25) is 0 Å². The van der Waals surface area contributed by atoms with Crippen molar-refractivity contribution in [3.05, 3.63) is 160 Å². The van der Waals surface area contributed by atoms with Gasteiger partial charge >= 0.3 is 0 Å². The van der Waals surface area contributed by atoms with E-state index in [1.54, 1.807) is 0 Å². The van der Waals surface area contributed by atoms with Crippen LogP contribution in [-0.2, 0) is 19.5 Å². The molecule has 4 aromatic carbocycles. The normalized spacial score (nSPS) is 11.4. The van der Waals surface area contributed by atoms with Crippen molar-refractivity contribution in [2.45, 2.75) is 25.6 Å². The first-order valence-corrected chi connectivity index (χ1v) is 14.9. The van der Waals surface area contributed by atoms with Crippen molar-refractivity contribution in [2.75, 3.05) is 6.54 Å². The van der Waals surface area contributed by atoms with Crippen molar-refractivity contribution < 1.29 is 9.18 Å². The predicted molar refractivity (Wildman–Crippen MR) is 167 cm³/mol. The van der Waals surface area contributed by atoms with Crippen LogP contribution in [0.4, 0.5) is 4.39 Å². The summed E-state index contributed by atoms with van der Waals surface area (Å²) in [7, 11) is 0. The second kappa shape index (κ2) is 12.9. The van der Waals surface area contributed by atoms with Gasteiger partial charge in [0, 0.05) is 35.6 Å². The quantitative estimate of drug-likeness (QED) is 0.168. The number of rotatable bonds is 11. The molecule has 0 radical (unpaired) electrons. The maximum Gasteiger partial charge on any atom is 0.271 e. The molecule has 0 aliphatic rings. The minimum atomic E-state index is -0.281. The van der Waals surface area contributed by atoms with Crippen molar-refractivity contribution in [1.82, 2.24) is 20.2 Å². The van der Waals surface area contributed by atoms with Gasteiger partial charge in [0.05, 0.1) is 12.6 Å². The zero-order chi connectivity index (χ0) is 28.7. The average Bonchev–Trinajstić information content (AvgIpc) is 3.68. The van der Waals surface area contributed by atoms with Gasteiger partial charge in [-0.25, -0.2) is 9.37 Å². The fourth-order valence-corrected chi connectivity index (χ4v) is 6.03. The van der Waals surface area contributed by atoms with Crippen LogP contribution in [0, 0.1) is 5.82 Å². The Morgan fingerprint density at radius 3 is 2.24 bits per heavy atom. The lowest BCUT2D eigenvalue weighted by molar-refractivity contribution is 0.0938. The molecule has 2 aromatic heterocycles. The monoisotopic (exact) mass is 574 g/mol. The molecule has 0 saturated carbocycles. The van der Waals surface area contributed by atoms with Gasteiger partial charge in [-0.05, 0) is 46.9 Å². The number of thiazole rings is 1. The van der Waals surface area contributed by atoms with Gasteiger partial charge in [-0.3, -0.25) is 9.69 Å². The third-order valence-corrected chi connectivity index (χ3v) is 8.21. The second-order valence-electron chi connectivity index (χ2n) is 10.3. The molecule has 0 spiro atoms. The molecule has 0 aliphatic carbocycles. The van der Waals surface area contributed by atoms with Crippen LogP contribution in [0.3, 0.4) is 0 Å². The van der Waals surface area contributed by atoms with E-state index in [0.29, 0.717) is 18.8 Å². The van der Waals surface area contributed by atoms with Crippen LogP contribution in [0.15, 0.2) is 121 Å². The van der Waals surface area contributed by atoms with E-state index in [1.807, 2.05) is 84.2 Å². The number of nitrogens with one attached hydrogen (secondary N) is 2. The number of nitrogens with zero attached hydrogens (tertiary/aromatic N) is 2. The summed E-state index contributed by atoms with van der Waals surface area (Å²) < 4.78 is 13.6. The first-order chi connectivity index (χ1) is 20.6.